The smallest absolute Gasteiger partial charge is 0.153 e. The lowest BCUT2D eigenvalue weighted by Gasteiger charge is -2.20. The van der Waals surface area contributed by atoms with Gasteiger partial charge in [-0.2, -0.15) is 0 Å². The van der Waals surface area contributed by atoms with Crippen molar-refractivity contribution in [1.82, 2.24) is 5.06 Å². The third-order valence-electron chi connectivity index (χ3n) is 4.41. The first-order valence-electron chi connectivity index (χ1n) is 8.19. The highest BCUT2D eigenvalue weighted by atomic mass is 16.7. The maximum absolute atomic E-state index is 5.97. The molecular weight excluding hydrogens is 296 g/mol. The van der Waals surface area contributed by atoms with Crippen molar-refractivity contribution in [3.63, 3.8) is 0 Å². The van der Waals surface area contributed by atoms with Crippen molar-refractivity contribution < 1.29 is 4.84 Å². The molecule has 4 rings (SSSR count). The van der Waals surface area contributed by atoms with Gasteiger partial charge < -0.3 is 10.2 Å². The van der Waals surface area contributed by atoms with Gasteiger partial charge in [0, 0.05) is 24.8 Å². The lowest BCUT2D eigenvalue weighted by Crippen LogP contribution is -2.22. The van der Waals surface area contributed by atoms with Crippen molar-refractivity contribution in [1.29, 1.82) is 0 Å². The minimum Gasteiger partial charge on any atom is -0.405 e. The van der Waals surface area contributed by atoms with Crippen molar-refractivity contribution in [2.45, 2.75) is 12.6 Å². The number of para-hydroxylation sites is 1. The number of rotatable bonds is 4. The summed E-state index contributed by atoms with van der Waals surface area (Å²) in [5.41, 5.74) is 4.87. The maximum Gasteiger partial charge on any atom is 0.153 e. The first-order chi connectivity index (χ1) is 11.8. The van der Waals surface area contributed by atoms with Gasteiger partial charge in [-0.3, -0.25) is 0 Å². The first-order valence-corrected chi connectivity index (χ1v) is 8.19. The molecule has 0 fully saturated rings. The fourth-order valence-corrected chi connectivity index (χ4v) is 3.29. The largest absolute Gasteiger partial charge is 0.405 e. The van der Waals surface area contributed by atoms with E-state index in [9.17, 15) is 0 Å². The normalized spacial score (nSPS) is 16.5. The Morgan fingerprint density at radius 3 is 2.33 bits per heavy atom. The number of hydroxylamine groups is 2. The van der Waals surface area contributed by atoms with E-state index in [1.807, 2.05) is 42.4 Å². The molecule has 1 atom stereocenters. The van der Waals surface area contributed by atoms with E-state index in [0.29, 0.717) is 0 Å². The van der Waals surface area contributed by atoms with Gasteiger partial charge in [-0.05, 0) is 29.3 Å². The Hall–Kier alpha value is -2.78. The summed E-state index contributed by atoms with van der Waals surface area (Å²) in [5.74, 6) is 0.943. The number of hydrogen-bond donors (Lipinski definition) is 1. The van der Waals surface area contributed by atoms with Crippen LogP contribution in [0, 0.1) is 0 Å². The van der Waals surface area contributed by atoms with Gasteiger partial charge in [0.25, 0.3) is 0 Å². The van der Waals surface area contributed by atoms with Gasteiger partial charge in [-0.1, -0.05) is 60.7 Å². The molecule has 3 nitrogen and oxygen atoms in total. The molecule has 0 amide bonds. The molecule has 3 aromatic rings. The van der Waals surface area contributed by atoms with E-state index in [2.05, 4.69) is 53.8 Å². The summed E-state index contributed by atoms with van der Waals surface area (Å²) in [6, 6.07) is 27.2. The fourth-order valence-electron chi connectivity index (χ4n) is 3.29. The van der Waals surface area contributed by atoms with Gasteiger partial charge in [0.1, 0.15) is 0 Å². The first kappa shape index (κ1) is 14.8. The van der Waals surface area contributed by atoms with E-state index in [1.54, 1.807) is 0 Å². The Bertz CT molecular complexity index is 818. The third kappa shape index (κ3) is 2.74. The van der Waals surface area contributed by atoms with Crippen molar-refractivity contribution in [2.24, 2.45) is 0 Å². The van der Waals surface area contributed by atoms with Crippen LogP contribution in [0.15, 0.2) is 78.9 Å². The number of fused-ring (bicyclic) bond motifs is 1. The highest BCUT2D eigenvalue weighted by molar-refractivity contribution is 5.51. The van der Waals surface area contributed by atoms with Gasteiger partial charge in [-0.25, -0.2) is 0 Å². The Labute approximate surface area is 142 Å². The summed E-state index contributed by atoms with van der Waals surface area (Å²) < 4.78 is 0. The summed E-state index contributed by atoms with van der Waals surface area (Å²) >= 11 is 0. The number of nitrogens with zero attached hydrogens (tertiary/aromatic N) is 1. The van der Waals surface area contributed by atoms with Crippen molar-refractivity contribution in [3.05, 3.63) is 95.6 Å². The van der Waals surface area contributed by atoms with Gasteiger partial charge in [-0.15, -0.1) is 5.06 Å². The zero-order valence-corrected chi connectivity index (χ0v) is 13.6. The van der Waals surface area contributed by atoms with Crippen LogP contribution < -0.4 is 10.2 Å². The van der Waals surface area contributed by atoms with Crippen LogP contribution in [-0.2, 0) is 6.54 Å². The highest BCUT2D eigenvalue weighted by Crippen LogP contribution is 2.42. The molecule has 24 heavy (non-hydrogen) atoms. The lowest BCUT2D eigenvalue weighted by molar-refractivity contribution is -0.0314. The average molecular weight is 316 g/mol. The molecule has 3 aromatic carbocycles. The molecule has 1 N–H and O–H groups in total. The predicted octanol–water partition coefficient (Wildman–Crippen LogP) is 4.63. The van der Waals surface area contributed by atoms with Crippen LogP contribution >= 0.6 is 0 Å². The molecule has 0 saturated heterocycles. The van der Waals surface area contributed by atoms with Crippen molar-refractivity contribution in [3.8, 4) is 5.75 Å². The molecule has 0 spiro atoms. The molecule has 1 aliphatic rings. The van der Waals surface area contributed by atoms with Crippen molar-refractivity contribution >= 4 is 5.69 Å². The number of benzene rings is 3. The zero-order chi connectivity index (χ0) is 16.4. The van der Waals surface area contributed by atoms with E-state index in [-0.39, 0.29) is 6.04 Å². The molecule has 0 aromatic heterocycles. The summed E-state index contributed by atoms with van der Waals surface area (Å²) in [6.45, 7) is 0.772. The number of hydrogen-bond acceptors (Lipinski definition) is 3. The molecule has 120 valence electrons. The van der Waals surface area contributed by atoms with Crippen LogP contribution in [0.2, 0.25) is 0 Å². The second-order valence-electron chi connectivity index (χ2n) is 6.00. The molecule has 1 heterocycles. The van der Waals surface area contributed by atoms with Gasteiger partial charge in [0.2, 0.25) is 0 Å². The SMILES string of the molecule is CN1Oc2cccc(CNc3ccccc3)c2C1c1ccccc1. The molecule has 0 radical (unpaired) electrons. The van der Waals surface area contributed by atoms with Crippen LogP contribution in [0.3, 0.4) is 0 Å². The fraction of sp³-hybridized carbons (Fsp3) is 0.143. The standard InChI is InChI=1S/C21H20N2O/c1-23-21(16-9-4-2-5-10-16)20-17(11-8-14-19(20)24-23)15-22-18-12-6-3-7-13-18/h2-14,21-22H,15H2,1H3. The van der Waals surface area contributed by atoms with E-state index < -0.39 is 0 Å². The second-order valence-corrected chi connectivity index (χ2v) is 6.00. The summed E-state index contributed by atoms with van der Waals surface area (Å²) in [5, 5.41) is 5.44. The van der Waals surface area contributed by atoms with E-state index >= 15 is 0 Å². The Kier molecular flexibility index (Phi) is 3.93. The molecular formula is C21H20N2O. The predicted molar refractivity (Wildman–Crippen MR) is 96.9 cm³/mol. The highest BCUT2D eigenvalue weighted by Gasteiger charge is 2.33. The van der Waals surface area contributed by atoms with Crippen LogP contribution in [0.5, 0.6) is 5.75 Å². The Balaban J connectivity index is 1.67. The quantitative estimate of drug-likeness (QED) is 0.759. The van der Waals surface area contributed by atoms with E-state index in [4.69, 9.17) is 4.84 Å². The Morgan fingerprint density at radius 2 is 1.58 bits per heavy atom. The molecule has 0 aliphatic carbocycles. The molecule has 1 unspecified atom stereocenters. The Morgan fingerprint density at radius 1 is 0.875 bits per heavy atom. The minimum atomic E-state index is 0.120. The summed E-state index contributed by atoms with van der Waals surface area (Å²) in [6.07, 6.45) is 0. The van der Waals surface area contributed by atoms with Crippen molar-refractivity contribution in [2.75, 3.05) is 12.4 Å². The molecule has 1 aliphatic heterocycles. The average Bonchev–Trinajstić information content (AvgIpc) is 2.98. The topological polar surface area (TPSA) is 24.5 Å². The van der Waals surface area contributed by atoms with Crippen LogP contribution in [0.1, 0.15) is 22.7 Å². The van der Waals surface area contributed by atoms with Crippen LogP contribution in [0.4, 0.5) is 5.69 Å². The molecule has 0 saturated carbocycles. The summed E-state index contributed by atoms with van der Waals surface area (Å²) in [7, 11) is 1.99. The van der Waals surface area contributed by atoms with E-state index in [1.165, 1.54) is 16.7 Å². The van der Waals surface area contributed by atoms with Gasteiger partial charge in [0.05, 0.1) is 6.04 Å². The number of anilines is 1. The number of nitrogens with one attached hydrogen (secondary N) is 1. The van der Waals surface area contributed by atoms with Gasteiger partial charge in [0.15, 0.2) is 5.75 Å². The minimum absolute atomic E-state index is 0.120. The maximum atomic E-state index is 5.97. The van der Waals surface area contributed by atoms with Gasteiger partial charge >= 0.3 is 0 Å². The summed E-state index contributed by atoms with van der Waals surface area (Å²) in [4.78, 5) is 5.97. The van der Waals surface area contributed by atoms with E-state index in [0.717, 1.165) is 18.0 Å². The molecule has 3 heteroatoms. The monoisotopic (exact) mass is 316 g/mol. The van der Waals surface area contributed by atoms with Crippen LogP contribution in [0.25, 0.3) is 0 Å². The third-order valence-corrected chi connectivity index (χ3v) is 4.41. The van der Waals surface area contributed by atoms with Crippen LogP contribution in [-0.4, -0.2) is 12.1 Å². The zero-order valence-electron chi connectivity index (χ0n) is 13.6. The second kappa shape index (κ2) is 6.38. The molecule has 0 bridgehead atoms. The lowest BCUT2D eigenvalue weighted by atomic mass is 9.94.